The van der Waals surface area contributed by atoms with E-state index < -0.39 is 0 Å². The summed E-state index contributed by atoms with van der Waals surface area (Å²) in [5, 5.41) is 0.577. The number of halogens is 2. The summed E-state index contributed by atoms with van der Waals surface area (Å²) >= 11 is 10.7. The SMILES string of the molecule is CC/C=C/C(Cl)=C/Cl. The van der Waals surface area contributed by atoms with Crippen LogP contribution >= 0.6 is 23.2 Å². The number of hydrogen-bond donors (Lipinski definition) is 0. The van der Waals surface area contributed by atoms with Crippen molar-refractivity contribution in [3.63, 3.8) is 0 Å². The van der Waals surface area contributed by atoms with Gasteiger partial charge in [0.25, 0.3) is 0 Å². The molecule has 2 heteroatoms. The molecule has 0 aromatic carbocycles. The zero-order valence-electron chi connectivity index (χ0n) is 4.70. The maximum Gasteiger partial charge on any atom is 0.0515 e. The highest BCUT2D eigenvalue weighted by Gasteiger charge is 1.77. The second-order valence-electron chi connectivity index (χ2n) is 1.30. The number of hydrogen-bond acceptors (Lipinski definition) is 0. The second-order valence-corrected chi connectivity index (χ2v) is 1.96. The van der Waals surface area contributed by atoms with Crippen molar-refractivity contribution in [2.45, 2.75) is 13.3 Å². The first kappa shape index (κ1) is 8.06. The van der Waals surface area contributed by atoms with Gasteiger partial charge in [0.2, 0.25) is 0 Å². The standard InChI is InChI=1S/C6H8Cl2/c1-2-3-4-6(8)5-7/h3-5H,2H2,1H3/b4-3+,6-5-. The minimum Gasteiger partial charge on any atom is -0.0913 e. The van der Waals surface area contributed by atoms with Gasteiger partial charge in [-0.25, -0.2) is 0 Å². The molecule has 0 aliphatic rings. The van der Waals surface area contributed by atoms with Gasteiger partial charge in [0.15, 0.2) is 0 Å². The fourth-order valence-electron chi connectivity index (χ4n) is 0.267. The van der Waals surface area contributed by atoms with Gasteiger partial charge in [-0.15, -0.1) is 0 Å². The Morgan fingerprint density at radius 3 is 2.62 bits per heavy atom. The molecule has 0 radical (unpaired) electrons. The maximum atomic E-state index is 5.49. The van der Waals surface area contributed by atoms with Gasteiger partial charge in [0, 0.05) is 5.54 Å². The summed E-state index contributed by atoms with van der Waals surface area (Å²) in [6.07, 6.45) is 4.71. The van der Waals surface area contributed by atoms with Crippen molar-refractivity contribution in [2.75, 3.05) is 0 Å². The van der Waals surface area contributed by atoms with Crippen LogP contribution in [0.5, 0.6) is 0 Å². The Kier molecular flexibility index (Phi) is 5.24. The molecule has 0 saturated heterocycles. The van der Waals surface area contributed by atoms with Crippen molar-refractivity contribution in [3.05, 3.63) is 22.7 Å². The van der Waals surface area contributed by atoms with E-state index in [0.29, 0.717) is 5.03 Å². The van der Waals surface area contributed by atoms with Gasteiger partial charge in [0.05, 0.1) is 5.03 Å². The summed E-state index contributed by atoms with van der Waals surface area (Å²) in [6.45, 7) is 2.04. The Bertz CT molecular complexity index is 103. The van der Waals surface area contributed by atoms with E-state index in [1.807, 2.05) is 13.0 Å². The minimum atomic E-state index is 0.577. The Morgan fingerprint density at radius 2 is 2.25 bits per heavy atom. The van der Waals surface area contributed by atoms with Crippen LogP contribution in [0.25, 0.3) is 0 Å². The fourth-order valence-corrected chi connectivity index (χ4v) is 0.429. The molecule has 8 heavy (non-hydrogen) atoms. The third-order valence-electron chi connectivity index (χ3n) is 0.617. The van der Waals surface area contributed by atoms with Crippen molar-refractivity contribution in [2.24, 2.45) is 0 Å². The highest BCUT2D eigenvalue weighted by molar-refractivity contribution is 6.37. The molecule has 0 nitrogen and oxygen atoms in total. The van der Waals surface area contributed by atoms with Crippen molar-refractivity contribution in [1.82, 2.24) is 0 Å². The first-order valence-corrected chi connectivity index (χ1v) is 3.25. The average Bonchev–Trinajstić information content (AvgIpc) is 1.83. The molecule has 0 aliphatic heterocycles. The lowest BCUT2D eigenvalue weighted by Crippen LogP contribution is -1.57. The van der Waals surface area contributed by atoms with Crippen LogP contribution in [0, 0.1) is 0 Å². The molecule has 0 unspecified atom stereocenters. The molecule has 0 atom stereocenters. The van der Waals surface area contributed by atoms with Gasteiger partial charge < -0.3 is 0 Å². The van der Waals surface area contributed by atoms with Crippen LogP contribution in [-0.2, 0) is 0 Å². The smallest absolute Gasteiger partial charge is 0.0515 e. The summed E-state index contributed by atoms with van der Waals surface area (Å²) in [5.41, 5.74) is 1.34. The van der Waals surface area contributed by atoms with Gasteiger partial charge >= 0.3 is 0 Å². The predicted octanol–water partition coefficient (Wildman–Crippen LogP) is 3.27. The van der Waals surface area contributed by atoms with Crippen molar-refractivity contribution >= 4 is 23.2 Å². The monoisotopic (exact) mass is 150 g/mol. The molecule has 0 N–H and O–H groups in total. The quantitative estimate of drug-likeness (QED) is 0.531. The van der Waals surface area contributed by atoms with Crippen LogP contribution in [0.3, 0.4) is 0 Å². The van der Waals surface area contributed by atoms with Crippen LogP contribution in [0.1, 0.15) is 13.3 Å². The number of allylic oxidation sites excluding steroid dienone is 3. The molecular weight excluding hydrogens is 143 g/mol. The Balaban J connectivity index is 3.53. The average molecular weight is 151 g/mol. The maximum absolute atomic E-state index is 5.49. The van der Waals surface area contributed by atoms with Crippen LogP contribution in [0.2, 0.25) is 0 Å². The van der Waals surface area contributed by atoms with E-state index in [2.05, 4.69) is 0 Å². The highest BCUT2D eigenvalue weighted by atomic mass is 35.5. The van der Waals surface area contributed by atoms with Gasteiger partial charge in [-0.3, -0.25) is 0 Å². The van der Waals surface area contributed by atoms with E-state index in [0.717, 1.165) is 6.42 Å². The van der Waals surface area contributed by atoms with Crippen molar-refractivity contribution in [1.29, 1.82) is 0 Å². The van der Waals surface area contributed by atoms with E-state index in [1.165, 1.54) is 5.54 Å². The largest absolute Gasteiger partial charge is 0.0913 e. The lowest BCUT2D eigenvalue weighted by molar-refractivity contribution is 1.22. The number of rotatable bonds is 2. The van der Waals surface area contributed by atoms with Crippen LogP contribution < -0.4 is 0 Å². The molecule has 0 aromatic rings. The predicted molar refractivity (Wildman–Crippen MR) is 39.2 cm³/mol. The van der Waals surface area contributed by atoms with E-state index in [1.54, 1.807) is 6.08 Å². The van der Waals surface area contributed by atoms with Crippen LogP contribution in [0.15, 0.2) is 22.7 Å². The Labute approximate surface area is 59.8 Å². The molecule has 0 saturated carbocycles. The first-order chi connectivity index (χ1) is 3.81. The normalized spacial score (nSPS) is 13.1. The van der Waals surface area contributed by atoms with Gasteiger partial charge in [-0.2, -0.15) is 0 Å². The lowest BCUT2D eigenvalue weighted by Gasteiger charge is -1.79. The first-order valence-electron chi connectivity index (χ1n) is 2.43. The molecule has 0 heterocycles. The molecule has 46 valence electrons. The third-order valence-corrected chi connectivity index (χ3v) is 1.20. The van der Waals surface area contributed by atoms with E-state index in [9.17, 15) is 0 Å². The summed E-state index contributed by atoms with van der Waals surface area (Å²) in [6, 6.07) is 0. The lowest BCUT2D eigenvalue weighted by atomic mass is 10.4. The summed E-state index contributed by atoms with van der Waals surface area (Å²) in [7, 11) is 0. The molecule has 0 rings (SSSR count). The Morgan fingerprint density at radius 1 is 1.62 bits per heavy atom. The molecule has 0 bridgehead atoms. The molecule has 0 aliphatic carbocycles. The van der Waals surface area contributed by atoms with E-state index in [4.69, 9.17) is 23.2 Å². The molecule has 0 aromatic heterocycles. The topological polar surface area (TPSA) is 0 Å². The zero-order valence-corrected chi connectivity index (χ0v) is 6.21. The van der Waals surface area contributed by atoms with Crippen LogP contribution in [0.4, 0.5) is 0 Å². The summed E-state index contributed by atoms with van der Waals surface area (Å²) < 4.78 is 0. The van der Waals surface area contributed by atoms with E-state index >= 15 is 0 Å². The molecular formula is C6H8Cl2. The highest BCUT2D eigenvalue weighted by Crippen LogP contribution is 2.04. The van der Waals surface area contributed by atoms with E-state index in [-0.39, 0.29) is 0 Å². The third kappa shape index (κ3) is 4.23. The van der Waals surface area contributed by atoms with Crippen molar-refractivity contribution < 1.29 is 0 Å². The molecule has 0 amide bonds. The second kappa shape index (κ2) is 5.20. The van der Waals surface area contributed by atoms with Gasteiger partial charge in [-0.05, 0) is 12.5 Å². The van der Waals surface area contributed by atoms with Crippen molar-refractivity contribution in [3.8, 4) is 0 Å². The zero-order chi connectivity index (χ0) is 6.41. The summed E-state index contributed by atoms with van der Waals surface area (Å²) in [5.74, 6) is 0. The molecule has 0 fully saturated rings. The molecule has 0 spiro atoms. The van der Waals surface area contributed by atoms with Gasteiger partial charge in [0.1, 0.15) is 0 Å². The Hall–Kier alpha value is 0.0600. The minimum absolute atomic E-state index is 0.577. The fraction of sp³-hybridized carbons (Fsp3) is 0.333. The summed E-state index contributed by atoms with van der Waals surface area (Å²) in [4.78, 5) is 0. The van der Waals surface area contributed by atoms with Gasteiger partial charge in [-0.1, -0.05) is 36.2 Å². The van der Waals surface area contributed by atoms with Crippen LogP contribution in [-0.4, -0.2) is 0 Å².